The smallest absolute Gasteiger partial charge is 0.123 e. The van der Waals surface area contributed by atoms with Gasteiger partial charge in [-0.1, -0.05) is 34.1 Å². The lowest BCUT2D eigenvalue weighted by Crippen LogP contribution is -2.39. The number of nitrogens with two attached hydrogens (primary N) is 1. The molecule has 0 amide bonds. The highest BCUT2D eigenvalue weighted by Gasteiger charge is 2.28. The molecule has 2 unspecified atom stereocenters. The zero-order chi connectivity index (χ0) is 14.8. The molecule has 21 heavy (non-hydrogen) atoms. The largest absolute Gasteiger partial charge is 0.496 e. The van der Waals surface area contributed by atoms with Crippen molar-refractivity contribution in [3.8, 4) is 11.5 Å². The molecule has 0 radical (unpaired) electrons. The minimum Gasteiger partial charge on any atom is -0.496 e. The van der Waals surface area contributed by atoms with Crippen LogP contribution in [0.2, 0.25) is 0 Å². The van der Waals surface area contributed by atoms with Crippen molar-refractivity contribution in [3.63, 3.8) is 0 Å². The van der Waals surface area contributed by atoms with Crippen molar-refractivity contribution in [2.45, 2.75) is 25.0 Å². The summed E-state index contributed by atoms with van der Waals surface area (Å²) in [6.45, 7) is 0. The Labute approximate surface area is 133 Å². The van der Waals surface area contributed by atoms with Crippen LogP contribution in [-0.4, -0.2) is 19.3 Å². The van der Waals surface area contributed by atoms with Crippen LogP contribution >= 0.6 is 15.9 Å². The molecular formula is C17H18BrNO2. The van der Waals surface area contributed by atoms with Crippen LogP contribution < -0.4 is 15.2 Å². The number of fused-ring (bicyclic) bond motifs is 1. The van der Waals surface area contributed by atoms with E-state index < -0.39 is 0 Å². The Hall–Kier alpha value is -1.52. The maximum atomic E-state index is 6.37. The lowest BCUT2D eigenvalue weighted by molar-refractivity contribution is 0.197. The zero-order valence-corrected chi connectivity index (χ0v) is 13.5. The Bertz CT molecular complexity index is 619. The molecule has 4 heteroatoms. The number of hydrogen-bond donors (Lipinski definition) is 1. The Morgan fingerprint density at radius 3 is 2.90 bits per heavy atom. The Balaban J connectivity index is 1.73. The third kappa shape index (κ3) is 3.06. The fraction of sp³-hybridized carbons (Fsp3) is 0.294. The van der Waals surface area contributed by atoms with Crippen molar-refractivity contribution in [2.75, 3.05) is 7.11 Å². The second-order valence-corrected chi connectivity index (χ2v) is 6.21. The van der Waals surface area contributed by atoms with Gasteiger partial charge in [0.25, 0.3) is 0 Å². The van der Waals surface area contributed by atoms with Crippen molar-refractivity contribution in [1.82, 2.24) is 0 Å². The van der Waals surface area contributed by atoms with Gasteiger partial charge in [-0.3, -0.25) is 0 Å². The van der Waals surface area contributed by atoms with E-state index in [2.05, 4.69) is 28.1 Å². The summed E-state index contributed by atoms with van der Waals surface area (Å²) in [7, 11) is 1.68. The molecule has 0 bridgehead atoms. The standard InChI is InChI=1S/C17H18BrNO2/c1-20-15-7-6-13(18)8-12(15)9-14(19)17-10-11-4-2-3-5-16(11)21-17/h2-8,14,17H,9-10,19H2,1H3. The van der Waals surface area contributed by atoms with Gasteiger partial charge in [0.2, 0.25) is 0 Å². The average Bonchev–Trinajstić information content (AvgIpc) is 2.91. The summed E-state index contributed by atoms with van der Waals surface area (Å²) >= 11 is 3.49. The van der Waals surface area contributed by atoms with E-state index in [1.165, 1.54) is 5.56 Å². The van der Waals surface area contributed by atoms with Crippen LogP contribution in [-0.2, 0) is 12.8 Å². The molecule has 110 valence electrons. The minimum atomic E-state index is -0.0689. The molecular weight excluding hydrogens is 330 g/mol. The van der Waals surface area contributed by atoms with E-state index in [9.17, 15) is 0 Å². The van der Waals surface area contributed by atoms with E-state index in [1.807, 2.05) is 30.3 Å². The van der Waals surface area contributed by atoms with Gasteiger partial charge in [-0.15, -0.1) is 0 Å². The fourth-order valence-electron chi connectivity index (χ4n) is 2.74. The number of methoxy groups -OCH3 is 1. The summed E-state index contributed by atoms with van der Waals surface area (Å²) in [5.74, 6) is 1.82. The van der Waals surface area contributed by atoms with E-state index in [4.69, 9.17) is 15.2 Å². The maximum Gasteiger partial charge on any atom is 0.123 e. The molecule has 2 atom stereocenters. The number of benzene rings is 2. The van der Waals surface area contributed by atoms with Gasteiger partial charge in [0.15, 0.2) is 0 Å². The third-order valence-electron chi connectivity index (χ3n) is 3.85. The van der Waals surface area contributed by atoms with Crippen molar-refractivity contribution >= 4 is 15.9 Å². The molecule has 3 nitrogen and oxygen atoms in total. The fourth-order valence-corrected chi connectivity index (χ4v) is 3.15. The molecule has 1 heterocycles. The Morgan fingerprint density at radius 1 is 1.33 bits per heavy atom. The van der Waals surface area contributed by atoms with Gasteiger partial charge in [-0.05, 0) is 41.8 Å². The van der Waals surface area contributed by atoms with E-state index in [0.717, 1.165) is 34.4 Å². The lowest BCUT2D eigenvalue weighted by atomic mass is 9.98. The number of para-hydroxylation sites is 1. The van der Waals surface area contributed by atoms with Crippen molar-refractivity contribution in [3.05, 3.63) is 58.1 Å². The molecule has 1 aliphatic heterocycles. The van der Waals surface area contributed by atoms with Gasteiger partial charge in [0.1, 0.15) is 17.6 Å². The normalized spacial score (nSPS) is 18.0. The van der Waals surface area contributed by atoms with Gasteiger partial charge >= 0.3 is 0 Å². The van der Waals surface area contributed by atoms with Crippen LogP contribution in [0, 0.1) is 0 Å². The van der Waals surface area contributed by atoms with Crippen molar-refractivity contribution in [1.29, 1.82) is 0 Å². The summed E-state index contributed by atoms with van der Waals surface area (Å²) in [6.07, 6.45) is 1.61. The zero-order valence-electron chi connectivity index (χ0n) is 11.9. The number of rotatable bonds is 4. The molecule has 1 aliphatic rings. The number of halogens is 1. The second-order valence-electron chi connectivity index (χ2n) is 5.29. The first-order valence-electron chi connectivity index (χ1n) is 7.00. The van der Waals surface area contributed by atoms with Gasteiger partial charge in [-0.25, -0.2) is 0 Å². The first-order valence-corrected chi connectivity index (χ1v) is 7.79. The summed E-state index contributed by atoms with van der Waals surface area (Å²) < 4.78 is 12.4. The lowest BCUT2D eigenvalue weighted by Gasteiger charge is -2.20. The van der Waals surface area contributed by atoms with Gasteiger partial charge in [0, 0.05) is 16.9 Å². The Morgan fingerprint density at radius 2 is 2.14 bits per heavy atom. The molecule has 0 fully saturated rings. The highest BCUT2D eigenvalue weighted by Crippen LogP contribution is 2.31. The van der Waals surface area contributed by atoms with Crippen LogP contribution in [0.25, 0.3) is 0 Å². The summed E-state index contributed by atoms with van der Waals surface area (Å²) in [6, 6.07) is 14.0. The van der Waals surface area contributed by atoms with Crippen LogP contribution in [0.5, 0.6) is 11.5 Å². The van der Waals surface area contributed by atoms with Crippen LogP contribution in [0.4, 0.5) is 0 Å². The molecule has 2 aromatic rings. The molecule has 3 rings (SSSR count). The van der Waals surface area contributed by atoms with Crippen molar-refractivity contribution in [2.24, 2.45) is 5.73 Å². The van der Waals surface area contributed by atoms with Crippen LogP contribution in [0.15, 0.2) is 46.9 Å². The van der Waals surface area contributed by atoms with E-state index in [1.54, 1.807) is 7.11 Å². The highest BCUT2D eigenvalue weighted by atomic mass is 79.9. The van der Waals surface area contributed by atoms with Crippen LogP contribution in [0.3, 0.4) is 0 Å². The highest BCUT2D eigenvalue weighted by molar-refractivity contribution is 9.10. The predicted octanol–water partition coefficient (Wildman–Crippen LogP) is 3.33. The van der Waals surface area contributed by atoms with E-state index in [-0.39, 0.29) is 12.1 Å². The number of hydrogen-bond acceptors (Lipinski definition) is 3. The van der Waals surface area contributed by atoms with Crippen LogP contribution in [0.1, 0.15) is 11.1 Å². The maximum absolute atomic E-state index is 6.37. The SMILES string of the molecule is COc1ccc(Br)cc1CC(N)C1Cc2ccccc2O1. The Kier molecular flexibility index (Phi) is 4.17. The summed E-state index contributed by atoms with van der Waals surface area (Å²) in [5, 5.41) is 0. The molecule has 0 saturated carbocycles. The summed E-state index contributed by atoms with van der Waals surface area (Å²) in [5.41, 5.74) is 8.70. The van der Waals surface area contributed by atoms with Crippen molar-refractivity contribution < 1.29 is 9.47 Å². The molecule has 0 aliphatic carbocycles. The summed E-state index contributed by atoms with van der Waals surface area (Å²) in [4.78, 5) is 0. The molecule has 2 N–H and O–H groups in total. The molecule has 0 saturated heterocycles. The second kappa shape index (κ2) is 6.08. The predicted molar refractivity (Wildman–Crippen MR) is 86.9 cm³/mol. The van der Waals surface area contributed by atoms with Gasteiger partial charge in [-0.2, -0.15) is 0 Å². The molecule has 0 aromatic heterocycles. The average molecular weight is 348 g/mol. The molecule has 2 aromatic carbocycles. The topological polar surface area (TPSA) is 44.5 Å². The van der Waals surface area contributed by atoms with Gasteiger partial charge < -0.3 is 15.2 Å². The number of ether oxygens (including phenoxy) is 2. The quantitative estimate of drug-likeness (QED) is 0.922. The minimum absolute atomic E-state index is 0.0195. The first kappa shape index (κ1) is 14.4. The third-order valence-corrected chi connectivity index (χ3v) is 4.34. The first-order chi connectivity index (χ1) is 10.2. The van der Waals surface area contributed by atoms with E-state index in [0.29, 0.717) is 0 Å². The monoisotopic (exact) mass is 347 g/mol. The molecule has 0 spiro atoms. The van der Waals surface area contributed by atoms with Gasteiger partial charge in [0.05, 0.1) is 7.11 Å². The van der Waals surface area contributed by atoms with E-state index >= 15 is 0 Å².